The van der Waals surface area contributed by atoms with E-state index in [1.807, 2.05) is 32.9 Å². The second kappa shape index (κ2) is 10.1. The van der Waals surface area contributed by atoms with E-state index in [1.54, 1.807) is 19.1 Å². The van der Waals surface area contributed by atoms with Crippen LogP contribution in [0.4, 0.5) is 5.69 Å². The number of fused-ring (bicyclic) bond motifs is 1. The minimum absolute atomic E-state index is 0.141. The SMILES string of the molecule is C=CCN(C(=O)[C@@H]1N([C@@H](CO)C(C)C)C(=O)[C@H]2[C@H](C(=O)OCC)[C@@H]3CC[C@]12O3)c1c(C)cccc1Cl. The van der Waals surface area contributed by atoms with Gasteiger partial charge in [-0.05, 0) is 44.2 Å². The maximum Gasteiger partial charge on any atom is 0.312 e. The molecule has 3 fully saturated rings. The second-order valence-corrected chi connectivity index (χ2v) is 10.6. The average molecular weight is 519 g/mol. The quantitative estimate of drug-likeness (QED) is 0.398. The lowest BCUT2D eigenvalue weighted by Gasteiger charge is -2.40. The highest BCUT2D eigenvalue weighted by Gasteiger charge is 2.75. The number of amides is 2. The molecule has 4 rings (SSSR count). The number of para-hydroxylation sites is 1. The first-order chi connectivity index (χ1) is 17.1. The first kappa shape index (κ1) is 26.6. The number of esters is 1. The van der Waals surface area contributed by atoms with Gasteiger partial charge in [0.1, 0.15) is 11.6 Å². The zero-order valence-electron chi connectivity index (χ0n) is 21.3. The number of carbonyl (C=O) groups is 3. The number of aliphatic hydroxyl groups excluding tert-OH is 1. The Bertz CT molecular complexity index is 1040. The van der Waals surface area contributed by atoms with Gasteiger partial charge in [-0.15, -0.1) is 6.58 Å². The summed E-state index contributed by atoms with van der Waals surface area (Å²) >= 11 is 6.56. The van der Waals surface area contributed by atoms with E-state index >= 15 is 0 Å². The third-order valence-electron chi connectivity index (χ3n) is 7.88. The molecule has 2 amide bonds. The van der Waals surface area contributed by atoms with Crippen molar-refractivity contribution in [3.05, 3.63) is 41.4 Å². The maximum absolute atomic E-state index is 14.5. The Labute approximate surface area is 217 Å². The largest absolute Gasteiger partial charge is 0.466 e. The summed E-state index contributed by atoms with van der Waals surface area (Å²) in [6.45, 7) is 11.2. The van der Waals surface area contributed by atoms with Crippen molar-refractivity contribution in [3.63, 3.8) is 0 Å². The van der Waals surface area contributed by atoms with E-state index in [2.05, 4.69) is 6.58 Å². The van der Waals surface area contributed by atoms with Gasteiger partial charge in [0.2, 0.25) is 5.91 Å². The van der Waals surface area contributed by atoms with Gasteiger partial charge in [0.15, 0.2) is 0 Å². The Kier molecular flexibility index (Phi) is 7.51. The predicted octanol–water partition coefficient (Wildman–Crippen LogP) is 3.12. The minimum Gasteiger partial charge on any atom is -0.466 e. The van der Waals surface area contributed by atoms with Crippen molar-refractivity contribution in [1.29, 1.82) is 0 Å². The molecule has 6 atom stereocenters. The van der Waals surface area contributed by atoms with Crippen molar-refractivity contribution >= 4 is 35.1 Å². The van der Waals surface area contributed by atoms with Crippen molar-refractivity contribution in [2.45, 2.75) is 64.3 Å². The molecule has 0 radical (unpaired) electrons. The second-order valence-electron chi connectivity index (χ2n) is 10.2. The molecule has 0 aliphatic carbocycles. The number of ether oxygens (including phenoxy) is 2. The number of benzene rings is 1. The molecule has 1 N–H and O–H groups in total. The van der Waals surface area contributed by atoms with Crippen molar-refractivity contribution in [2.75, 3.05) is 24.7 Å². The summed E-state index contributed by atoms with van der Waals surface area (Å²) in [5.74, 6) is -2.98. The Hall–Kier alpha value is -2.42. The highest BCUT2D eigenvalue weighted by Crippen LogP contribution is 2.59. The van der Waals surface area contributed by atoms with E-state index < -0.39 is 41.6 Å². The summed E-state index contributed by atoms with van der Waals surface area (Å²) in [4.78, 5) is 44.6. The van der Waals surface area contributed by atoms with Gasteiger partial charge in [-0.3, -0.25) is 14.4 Å². The topological polar surface area (TPSA) is 96.4 Å². The number of nitrogens with zero attached hydrogens (tertiary/aromatic N) is 2. The lowest BCUT2D eigenvalue weighted by atomic mass is 9.70. The predicted molar refractivity (Wildman–Crippen MR) is 136 cm³/mol. The summed E-state index contributed by atoms with van der Waals surface area (Å²) in [6.07, 6.45) is 2.12. The summed E-state index contributed by atoms with van der Waals surface area (Å²) in [6, 6.07) is 3.72. The molecule has 3 aliphatic heterocycles. The lowest BCUT2D eigenvalue weighted by Crippen LogP contribution is -2.60. The van der Waals surface area contributed by atoms with Crippen molar-refractivity contribution < 1.29 is 29.0 Å². The van der Waals surface area contributed by atoms with Gasteiger partial charge < -0.3 is 24.4 Å². The van der Waals surface area contributed by atoms with Crippen LogP contribution in [0.1, 0.15) is 39.2 Å². The van der Waals surface area contributed by atoms with Crippen LogP contribution >= 0.6 is 11.6 Å². The molecule has 1 aromatic carbocycles. The Morgan fingerprint density at radius 1 is 1.42 bits per heavy atom. The van der Waals surface area contributed by atoms with E-state index in [1.165, 1.54) is 9.80 Å². The van der Waals surface area contributed by atoms with Gasteiger partial charge in [-0.1, -0.05) is 43.7 Å². The van der Waals surface area contributed by atoms with Crippen molar-refractivity contribution in [2.24, 2.45) is 17.8 Å². The molecule has 1 aromatic rings. The fourth-order valence-electron chi connectivity index (χ4n) is 6.39. The minimum atomic E-state index is -1.19. The van der Waals surface area contributed by atoms with Crippen LogP contribution in [0.2, 0.25) is 5.02 Å². The standard InChI is InChI=1S/C27H35ClN2O6/c1-6-13-29(22-16(5)9-8-10-17(22)28)25(33)23-27-12-11-19(36-27)20(26(34)35-7-2)21(27)24(32)30(23)18(14-31)15(3)4/h6,8-10,15,18-21,23,31H,1,7,11-14H2,2-5H3/t18-,19-,20+,21+,23-,27+/m0/s1. The summed E-state index contributed by atoms with van der Waals surface area (Å²) < 4.78 is 11.8. The molecule has 0 aromatic heterocycles. The Morgan fingerprint density at radius 3 is 2.72 bits per heavy atom. The van der Waals surface area contributed by atoms with Gasteiger partial charge in [-0.2, -0.15) is 0 Å². The first-order valence-corrected chi connectivity index (χ1v) is 13.0. The molecule has 3 aliphatic rings. The highest BCUT2D eigenvalue weighted by molar-refractivity contribution is 6.34. The van der Waals surface area contributed by atoms with Crippen LogP contribution in [0.25, 0.3) is 0 Å². The lowest BCUT2D eigenvalue weighted by molar-refractivity contribution is -0.155. The molecule has 36 heavy (non-hydrogen) atoms. The maximum atomic E-state index is 14.5. The van der Waals surface area contributed by atoms with Gasteiger partial charge in [0.25, 0.3) is 5.91 Å². The van der Waals surface area contributed by atoms with E-state index in [0.29, 0.717) is 23.6 Å². The Morgan fingerprint density at radius 2 is 2.14 bits per heavy atom. The molecule has 3 heterocycles. The molecular weight excluding hydrogens is 484 g/mol. The summed E-state index contributed by atoms with van der Waals surface area (Å²) in [5.41, 5.74) is 0.148. The van der Waals surface area contributed by atoms with Gasteiger partial charge in [0, 0.05) is 6.54 Å². The van der Waals surface area contributed by atoms with Crippen LogP contribution in [0.15, 0.2) is 30.9 Å². The number of hydrogen-bond acceptors (Lipinski definition) is 6. The monoisotopic (exact) mass is 518 g/mol. The number of halogens is 1. The van der Waals surface area contributed by atoms with Gasteiger partial charge in [0.05, 0.1) is 47.9 Å². The number of anilines is 1. The van der Waals surface area contributed by atoms with Crippen LogP contribution in [-0.4, -0.2) is 71.3 Å². The molecule has 1 spiro atoms. The zero-order chi connectivity index (χ0) is 26.4. The number of rotatable bonds is 9. The fraction of sp³-hybridized carbons (Fsp3) is 0.593. The smallest absolute Gasteiger partial charge is 0.312 e. The van der Waals surface area contributed by atoms with Crippen LogP contribution in [0.3, 0.4) is 0 Å². The van der Waals surface area contributed by atoms with Crippen LogP contribution in [-0.2, 0) is 23.9 Å². The van der Waals surface area contributed by atoms with Crippen LogP contribution in [0, 0.1) is 24.7 Å². The van der Waals surface area contributed by atoms with E-state index in [9.17, 15) is 19.5 Å². The zero-order valence-corrected chi connectivity index (χ0v) is 22.0. The number of carbonyl (C=O) groups excluding carboxylic acids is 3. The van der Waals surface area contributed by atoms with Crippen LogP contribution < -0.4 is 4.90 Å². The fourth-order valence-corrected chi connectivity index (χ4v) is 6.71. The van der Waals surface area contributed by atoms with Gasteiger partial charge >= 0.3 is 5.97 Å². The number of aryl methyl sites for hydroxylation is 1. The molecule has 8 nitrogen and oxygen atoms in total. The van der Waals surface area contributed by atoms with E-state index in [0.717, 1.165) is 5.56 Å². The molecule has 196 valence electrons. The molecule has 2 bridgehead atoms. The van der Waals surface area contributed by atoms with Crippen molar-refractivity contribution in [3.8, 4) is 0 Å². The number of likely N-dealkylation sites (tertiary alicyclic amines) is 1. The molecular formula is C27H35ClN2O6. The third kappa shape index (κ3) is 3.94. The molecule has 0 unspecified atom stereocenters. The summed E-state index contributed by atoms with van der Waals surface area (Å²) in [5, 5.41) is 10.7. The molecule has 0 saturated carbocycles. The van der Waals surface area contributed by atoms with Gasteiger partial charge in [-0.25, -0.2) is 0 Å². The van der Waals surface area contributed by atoms with Crippen molar-refractivity contribution in [1.82, 2.24) is 4.90 Å². The van der Waals surface area contributed by atoms with E-state index in [4.69, 9.17) is 21.1 Å². The number of aliphatic hydroxyl groups is 1. The first-order valence-electron chi connectivity index (χ1n) is 12.6. The number of hydrogen-bond donors (Lipinski definition) is 1. The molecule has 3 saturated heterocycles. The highest BCUT2D eigenvalue weighted by atomic mass is 35.5. The Balaban J connectivity index is 1.87. The third-order valence-corrected chi connectivity index (χ3v) is 8.19. The molecule has 9 heteroatoms. The van der Waals surface area contributed by atoms with Crippen LogP contribution in [0.5, 0.6) is 0 Å². The van der Waals surface area contributed by atoms with E-state index in [-0.39, 0.29) is 37.5 Å². The normalized spacial score (nSPS) is 29.4. The average Bonchev–Trinajstić information content (AvgIpc) is 3.46. The summed E-state index contributed by atoms with van der Waals surface area (Å²) in [7, 11) is 0.